The SMILES string of the molecule is CO[C@@H]1CSC2(C1)CN(C(=O)c1cccc(O)c1)C2. The molecule has 2 aliphatic heterocycles. The van der Waals surface area contributed by atoms with Crippen LogP contribution in [0.1, 0.15) is 16.8 Å². The summed E-state index contributed by atoms with van der Waals surface area (Å²) in [4.78, 5) is 14.1. The van der Waals surface area contributed by atoms with Gasteiger partial charge in [0.15, 0.2) is 0 Å². The Morgan fingerprint density at radius 2 is 2.32 bits per heavy atom. The Bertz CT molecular complexity index is 499. The molecule has 1 spiro atoms. The van der Waals surface area contributed by atoms with Gasteiger partial charge in [0.05, 0.1) is 10.9 Å². The van der Waals surface area contributed by atoms with Crippen molar-refractivity contribution in [3.05, 3.63) is 29.8 Å². The Morgan fingerprint density at radius 3 is 2.95 bits per heavy atom. The first-order valence-electron chi connectivity index (χ1n) is 6.37. The van der Waals surface area contributed by atoms with Gasteiger partial charge < -0.3 is 14.7 Å². The van der Waals surface area contributed by atoms with Crippen molar-refractivity contribution >= 4 is 17.7 Å². The lowest BCUT2D eigenvalue weighted by molar-refractivity contribution is 0.0451. The molecule has 1 aromatic carbocycles. The highest BCUT2D eigenvalue weighted by Gasteiger charge is 2.50. The summed E-state index contributed by atoms with van der Waals surface area (Å²) in [5, 5.41) is 9.41. The largest absolute Gasteiger partial charge is 0.508 e. The van der Waals surface area contributed by atoms with Crippen LogP contribution in [0.3, 0.4) is 0 Å². The zero-order valence-corrected chi connectivity index (χ0v) is 11.7. The number of hydrogen-bond donors (Lipinski definition) is 1. The smallest absolute Gasteiger partial charge is 0.254 e. The van der Waals surface area contributed by atoms with Crippen molar-refractivity contribution < 1.29 is 14.6 Å². The molecule has 0 aromatic heterocycles. The molecule has 3 rings (SSSR count). The van der Waals surface area contributed by atoms with Crippen LogP contribution in [-0.4, -0.2) is 52.7 Å². The molecule has 4 nitrogen and oxygen atoms in total. The first-order chi connectivity index (χ1) is 9.12. The third-order valence-electron chi connectivity index (χ3n) is 3.85. The predicted octanol–water partition coefficient (Wildman–Crippen LogP) is 1.74. The molecule has 5 heteroatoms. The number of rotatable bonds is 2. The second-order valence-electron chi connectivity index (χ2n) is 5.27. The Labute approximate surface area is 116 Å². The van der Waals surface area contributed by atoms with E-state index in [1.54, 1.807) is 25.3 Å². The minimum atomic E-state index is 0.00277. The van der Waals surface area contributed by atoms with Crippen molar-refractivity contribution in [2.45, 2.75) is 17.3 Å². The van der Waals surface area contributed by atoms with E-state index in [4.69, 9.17) is 4.74 Å². The maximum atomic E-state index is 12.2. The molecule has 2 fully saturated rings. The lowest BCUT2D eigenvalue weighted by Gasteiger charge is -2.47. The molecule has 2 saturated heterocycles. The van der Waals surface area contributed by atoms with Gasteiger partial charge in [0, 0.05) is 31.5 Å². The molecule has 1 atom stereocenters. The molecular formula is C14H17NO3S. The number of benzene rings is 1. The normalized spacial score (nSPS) is 24.5. The second-order valence-corrected chi connectivity index (χ2v) is 6.76. The third kappa shape index (κ3) is 2.32. The molecule has 1 aromatic rings. The highest BCUT2D eigenvalue weighted by Crippen LogP contribution is 2.46. The number of ether oxygens (including phenoxy) is 1. The summed E-state index contributed by atoms with van der Waals surface area (Å²) in [6.45, 7) is 1.57. The number of amides is 1. The van der Waals surface area contributed by atoms with Crippen molar-refractivity contribution in [3.8, 4) is 5.75 Å². The lowest BCUT2D eigenvalue weighted by atomic mass is 9.92. The van der Waals surface area contributed by atoms with Gasteiger partial charge >= 0.3 is 0 Å². The number of likely N-dealkylation sites (tertiary alicyclic amines) is 1. The molecule has 1 N–H and O–H groups in total. The molecule has 0 bridgehead atoms. The number of carbonyl (C=O) groups is 1. The summed E-state index contributed by atoms with van der Waals surface area (Å²) in [7, 11) is 1.75. The van der Waals surface area contributed by atoms with Crippen LogP contribution in [0.4, 0.5) is 0 Å². The molecule has 0 aliphatic carbocycles. The van der Waals surface area contributed by atoms with Gasteiger partial charge in [-0.1, -0.05) is 6.07 Å². The second kappa shape index (κ2) is 4.72. The highest BCUT2D eigenvalue weighted by molar-refractivity contribution is 8.01. The third-order valence-corrected chi connectivity index (χ3v) is 5.42. The highest BCUT2D eigenvalue weighted by atomic mass is 32.2. The van der Waals surface area contributed by atoms with Gasteiger partial charge in [0.2, 0.25) is 0 Å². The predicted molar refractivity (Wildman–Crippen MR) is 74.6 cm³/mol. The maximum absolute atomic E-state index is 12.2. The van der Waals surface area contributed by atoms with Crippen molar-refractivity contribution in [3.63, 3.8) is 0 Å². The number of aromatic hydroxyl groups is 1. The molecule has 0 unspecified atom stereocenters. The Hall–Kier alpha value is -1.20. The Kier molecular flexibility index (Phi) is 3.19. The molecule has 0 radical (unpaired) electrons. The van der Waals surface area contributed by atoms with Crippen LogP contribution in [0.25, 0.3) is 0 Å². The molecule has 2 heterocycles. The van der Waals surface area contributed by atoms with Gasteiger partial charge in [-0.25, -0.2) is 0 Å². The van der Waals surface area contributed by atoms with Gasteiger partial charge in [-0.15, -0.1) is 11.8 Å². The van der Waals surface area contributed by atoms with Crippen molar-refractivity contribution in [2.24, 2.45) is 0 Å². The summed E-state index contributed by atoms with van der Waals surface area (Å²) in [6, 6.07) is 6.54. The van der Waals surface area contributed by atoms with Crippen LogP contribution in [0, 0.1) is 0 Å². The molecule has 102 valence electrons. The van der Waals surface area contributed by atoms with Gasteiger partial charge in [0.1, 0.15) is 5.75 Å². The van der Waals surface area contributed by atoms with E-state index in [1.807, 2.05) is 16.7 Å². The molecule has 19 heavy (non-hydrogen) atoms. The standard InChI is InChI=1S/C14H17NO3S/c1-18-12-6-14(19-7-12)8-15(9-14)13(17)10-3-2-4-11(16)5-10/h2-5,12,16H,6-9H2,1H3/t12-/m0/s1. The van der Waals surface area contributed by atoms with Crippen molar-refractivity contribution in [1.29, 1.82) is 0 Å². The fourth-order valence-electron chi connectivity index (χ4n) is 2.79. The first-order valence-corrected chi connectivity index (χ1v) is 7.35. The number of phenolic OH excluding ortho intramolecular Hbond substituents is 1. The van der Waals surface area contributed by atoms with Crippen molar-refractivity contribution in [1.82, 2.24) is 4.90 Å². The molecule has 1 amide bonds. The summed E-state index contributed by atoms with van der Waals surface area (Å²) in [5.74, 6) is 1.16. The summed E-state index contributed by atoms with van der Waals surface area (Å²) < 4.78 is 5.58. The zero-order chi connectivity index (χ0) is 13.5. The average molecular weight is 279 g/mol. The van der Waals surface area contributed by atoms with Crippen LogP contribution < -0.4 is 0 Å². The van der Waals surface area contributed by atoms with E-state index in [0.717, 1.165) is 25.3 Å². The van der Waals surface area contributed by atoms with E-state index < -0.39 is 0 Å². The minimum absolute atomic E-state index is 0.00277. The number of carbonyl (C=O) groups excluding carboxylic acids is 1. The summed E-state index contributed by atoms with van der Waals surface area (Å²) in [5.41, 5.74) is 0.557. The van der Waals surface area contributed by atoms with E-state index in [9.17, 15) is 9.90 Å². The number of thioether (sulfide) groups is 1. The first kappa shape index (κ1) is 12.8. The lowest BCUT2D eigenvalue weighted by Crippen LogP contribution is -2.60. The minimum Gasteiger partial charge on any atom is -0.508 e. The quantitative estimate of drug-likeness (QED) is 0.896. The fraction of sp³-hybridized carbons (Fsp3) is 0.500. The number of nitrogens with zero attached hydrogens (tertiary/aromatic N) is 1. The Morgan fingerprint density at radius 1 is 1.53 bits per heavy atom. The van der Waals surface area contributed by atoms with Gasteiger partial charge in [-0.2, -0.15) is 0 Å². The monoisotopic (exact) mass is 279 g/mol. The summed E-state index contributed by atoms with van der Waals surface area (Å²) in [6.07, 6.45) is 1.35. The van der Waals surface area contributed by atoms with E-state index in [-0.39, 0.29) is 16.4 Å². The van der Waals surface area contributed by atoms with Crippen LogP contribution in [0.2, 0.25) is 0 Å². The van der Waals surface area contributed by atoms with Crippen LogP contribution >= 0.6 is 11.8 Å². The Balaban J connectivity index is 1.63. The van der Waals surface area contributed by atoms with E-state index >= 15 is 0 Å². The van der Waals surface area contributed by atoms with Crippen LogP contribution in [-0.2, 0) is 4.74 Å². The van der Waals surface area contributed by atoms with Crippen LogP contribution in [0.5, 0.6) is 5.75 Å². The van der Waals surface area contributed by atoms with E-state index in [2.05, 4.69) is 0 Å². The fourth-order valence-corrected chi connectivity index (χ4v) is 4.38. The van der Waals surface area contributed by atoms with Crippen molar-refractivity contribution in [2.75, 3.05) is 26.0 Å². The van der Waals surface area contributed by atoms with Gasteiger partial charge in [-0.3, -0.25) is 4.79 Å². The number of phenols is 1. The van der Waals surface area contributed by atoms with Crippen LogP contribution in [0.15, 0.2) is 24.3 Å². The van der Waals surface area contributed by atoms with Gasteiger partial charge in [-0.05, 0) is 24.6 Å². The topological polar surface area (TPSA) is 49.8 Å². The zero-order valence-electron chi connectivity index (χ0n) is 10.8. The number of hydrogen-bond acceptors (Lipinski definition) is 4. The average Bonchev–Trinajstić information content (AvgIpc) is 2.80. The summed E-state index contributed by atoms with van der Waals surface area (Å²) >= 11 is 1.92. The molecule has 2 aliphatic rings. The van der Waals surface area contributed by atoms with Gasteiger partial charge in [0.25, 0.3) is 5.91 Å². The molecule has 0 saturated carbocycles. The number of methoxy groups -OCH3 is 1. The maximum Gasteiger partial charge on any atom is 0.254 e. The van der Waals surface area contributed by atoms with E-state index in [0.29, 0.717) is 11.7 Å². The molecular weight excluding hydrogens is 262 g/mol. The van der Waals surface area contributed by atoms with E-state index in [1.165, 1.54) is 6.07 Å².